The van der Waals surface area contributed by atoms with Crippen LogP contribution in [0.1, 0.15) is 35.5 Å². The van der Waals surface area contributed by atoms with E-state index in [0.717, 1.165) is 17.1 Å². The molecule has 6 nitrogen and oxygen atoms in total. The second kappa shape index (κ2) is 10.3. The Kier molecular flexibility index (Phi) is 6.77. The number of nitrogens with one attached hydrogen (secondary N) is 2. The fourth-order valence-corrected chi connectivity index (χ4v) is 4.85. The van der Waals surface area contributed by atoms with Crippen LogP contribution < -0.4 is 10.6 Å². The number of nitrogens with zero attached hydrogens (tertiary/aromatic N) is 3. The molecule has 1 aliphatic heterocycles. The van der Waals surface area contributed by atoms with Crippen LogP contribution in [-0.2, 0) is 4.79 Å². The Morgan fingerprint density at radius 3 is 2.56 bits per heavy atom. The Balaban J connectivity index is 1.43. The smallest absolute Gasteiger partial charge is 0.226 e. The molecule has 0 bridgehead atoms. The van der Waals surface area contributed by atoms with Gasteiger partial charge in [0.15, 0.2) is 5.11 Å². The molecule has 2 N–H and O–H groups in total. The van der Waals surface area contributed by atoms with Crippen molar-refractivity contribution in [3.8, 4) is 5.69 Å². The maximum atomic E-state index is 13.2. The number of hydrogen-bond acceptors (Lipinski definition) is 3. The number of amides is 1. The van der Waals surface area contributed by atoms with Gasteiger partial charge in [0, 0.05) is 42.4 Å². The molecule has 8 heteroatoms. The number of anilines is 1. The lowest BCUT2D eigenvalue weighted by atomic mass is 10.0. The number of carbonyl (C=O) groups excluding carboxylic acids is 1. The van der Waals surface area contributed by atoms with Gasteiger partial charge in [-0.2, -0.15) is 0 Å². The minimum absolute atomic E-state index is 0.168. The van der Waals surface area contributed by atoms with Crippen molar-refractivity contribution in [2.75, 3.05) is 11.9 Å². The van der Waals surface area contributed by atoms with Gasteiger partial charge in [0.2, 0.25) is 5.91 Å². The van der Waals surface area contributed by atoms with Gasteiger partial charge in [0.05, 0.1) is 17.8 Å². The first-order valence-electron chi connectivity index (χ1n) is 11.8. The highest BCUT2D eigenvalue weighted by molar-refractivity contribution is 7.80. The van der Waals surface area contributed by atoms with Gasteiger partial charge in [-0.3, -0.25) is 9.78 Å². The molecule has 3 heterocycles. The van der Waals surface area contributed by atoms with E-state index >= 15 is 0 Å². The summed E-state index contributed by atoms with van der Waals surface area (Å²) in [4.78, 5) is 19.4. The molecule has 36 heavy (non-hydrogen) atoms. The van der Waals surface area contributed by atoms with E-state index in [1.54, 1.807) is 18.3 Å². The predicted molar refractivity (Wildman–Crippen MR) is 142 cm³/mol. The summed E-state index contributed by atoms with van der Waals surface area (Å²) in [6, 6.07) is 23.7. The summed E-state index contributed by atoms with van der Waals surface area (Å²) in [5.74, 6) is -0.514. The van der Waals surface area contributed by atoms with Crippen molar-refractivity contribution in [2.24, 2.45) is 0 Å². The minimum Gasteiger partial charge on any atom is -0.352 e. The first kappa shape index (κ1) is 23.7. The van der Waals surface area contributed by atoms with Crippen molar-refractivity contribution in [3.63, 3.8) is 0 Å². The SMILES string of the molecule is Cc1ccc(-n2cccc2[C@@H]2[C@@H](c3ccccn3)NC(=S)N2CCC(=O)Nc2ccc(F)cc2)cc1. The molecular formula is C28H26FN5OS. The molecule has 0 unspecified atom stereocenters. The highest BCUT2D eigenvalue weighted by Crippen LogP contribution is 2.39. The second-order valence-corrected chi connectivity index (χ2v) is 9.15. The van der Waals surface area contributed by atoms with Crippen LogP contribution in [0.2, 0.25) is 0 Å². The third-order valence-corrected chi connectivity index (χ3v) is 6.65. The van der Waals surface area contributed by atoms with E-state index in [9.17, 15) is 9.18 Å². The summed E-state index contributed by atoms with van der Waals surface area (Å²) < 4.78 is 15.4. The van der Waals surface area contributed by atoms with Gasteiger partial charge >= 0.3 is 0 Å². The Morgan fingerprint density at radius 2 is 1.83 bits per heavy atom. The number of halogens is 1. The van der Waals surface area contributed by atoms with Crippen LogP contribution in [0.4, 0.5) is 10.1 Å². The summed E-state index contributed by atoms with van der Waals surface area (Å²) in [6.07, 6.45) is 4.03. The Hall–Kier alpha value is -4.04. The maximum Gasteiger partial charge on any atom is 0.226 e. The first-order chi connectivity index (χ1) is 17.5. The van der Waals surface area contributed by atoms with Crippen molar-refractivity contribution < 1.29 is 9.18 Å². The molecule has 1 amide bonds. The number of hydrogen-bond donors (Lipinski definition) is 2. The van der Waals surface area contributed by atoms with E-state index in [0.29, 0.717) is 17.3 Å². The van der Waals surface area contributed by atoms with E-state index in [1.807, 2.05) is 30.5 Å². The van der Waals surface area contributed by atoms with Crippen LogP contribution in [0.5, 0.6) is 0 Å². The lowest BCUT2D eigenvalue weighted by molar-refractivity contribution is -0.116. The first-order valence-corrected chi connectivity index (χ1v) is 12.2. The fourth-order valence-electron chi connectivity index (χ4n) is 4.52. The van der Waals surface area contributed by atoms with E-state index < -0.39 is 0 Å². The van der Waals surface area contributed by atoms with Gasteiger partial charge in [-0.1, -0.05) is 23.8 Å². The molecule has 2 aromatic carbocycles. The van der Waals surface area contributed by atoms with Crippen LogP contribution >= 0.6 is 12.2 Å². The number of aryl methyl sites for hydroxylation is 1. The Labute approximate surface area is 214 Å². The van der Waals surface area contributed by atoms with Crippen molar-refractivity contribution in [1.29, 1.82) is 0 Å². The monoisotopic (exact) mass is 499 g/mol. The third kappa shape index (κ3) is 4.99. The van der Waals surface area contributed by atoms with Crippen molar-refractivity contribution in [2.45, 2.75) is 25.4 Å². The second-order valence-electron chi connectivity index (χ2n) is 8.76. The highest BCUT2D eigenvalue weighted by Gasteiger charge is 2.41. The highest BCUT2D eigenvalue weighted by atomic mass is 32.1. The zero-order valence-corrected chi connectivity index (χ0v) is 20.6. The average molecular weight is 500 g/mol. The normalized spacial score (nSPS) is 17.2. The summed E-state index contributed by atoms with van der Waals surface area (Å²) in [6.45, 7) is 2.47. The number of carbonyl (C=O) groups is 1. The van der Waals surface area contributed by atoms with Gasteiger partial charge < -0.3 is 20.1 Å². The van der Waals surface area contributed by atoms with E-state index in [1.165, 1.54) is 17.7 Å². The van der Waals surface area contributed by atoms with Gasteiger partial charge in [-0.25, -0.2) is 4.39 Å². The lowest BCUT2D eigenvalue weighted by Crippen LogP contribution is -2.33. The number of rotatable bonds is 7. The zero-order chi connectivity index (χ0) is 25.1. The van der Waals surface area contributed by atoms with Crippen LogP contribution in [0.3, 0.4) is 0 Å². The molecule has 5 rings (SSSR count). The Morgan fingerprint density at radius 1 is 1.06 bits per heavy atom. The van der Waals surface area contributed by atoms with Gasteiger partial charge in [0.1, 0.15) is 5.82 Å². The van der Waals surface area contributed by atoms with Crippen molar-refractivity contribution in [1.82, 2.24) is 19.8 Å². The third-order valence-electron chi connectivity index (χ3n) is 6.30. The summed E-state index contributed by atoms with van der Waals surface area (Å²) in [5, 5.41) is 6.83. The molecule has 4 aromatic rings. The van der Waals surface area contributed by atoms with Gasteiger partial charge in [-0.15, -0.1) is 0 Å². The van der Waals surface area contributed by atoms with Crippen LogP contribution in [-0.4, -0.2) is 32.0 Å². The molecule has 0 aliphatic carbocycles. The molecular weight excluding hydrogens is 473 g/mol. The van der Waals surface area contributed by atoms with Crippen LogP contribution in [0, 0.1) is 12.7 Å². The maximum absolute atomic E-state index is 13.2. The number of thiocarbonyl (C=S) groups is 1. The lowest BCUT2D eigenvalue weighted by Gasteiger charge is -2.29. The fraction of sp³-hybridized carbons (Fsp3) is 0.179. The van der Waals surface area contributed by atoms with E-state index in [-0.39, 0.29) is 30.2 Å². The largest absolute Gasteiger partial charge is 0.352 e. The van der Waals surface area contributed by atoms with Gasteiger partial charge in [0.25, 0.3) is 0 Å². The molecule has 1 fully saturated rings. The summed E-state index contributed by atoms with van der Waals surface area (Å²) in [5.41, 5.74) is 4.71. The molecule has 0 spiro atoms. The topological polar surface area (TPSA) is 62.2 Å². The van der Waals surface area contributed by atoms with E-state index in [4.69, 9.17) is 12.2 Å². The number of benzene rings is 2. The standard InChI is InChI=1S/C28H26FN5OS/c1-19-7-13-22(14-8-19)33-17-4-6-24(33)27-26(23-5-2-3-16-30-23)32-28(36)34(27)18-15-25(35)31-21-11-9-20(29)10-12-21/h2-14,16-17,26-27H,15,18H2,1H3,(H,31,35)(H,32,36)/t26-,27-/m1/s1. The molecule has 2 atom stereocenters. The molecule has 0 saturated carbocycles. The minimum atomic E-state index is -0.346. The van der Waals surface area contributed by atoms with Crippen LogP contribution in [0.25, 0.3) is 5.69 Å². The summed E-state index contributed by atoms with van der Waals surface area (Å²) in [7, 11) is 0. The number of pyridine rings is 1. The quantitative estimate of drug-likeness (QED) is 0.337. The Bertz CT molecular complexity index is 1350. The van der Waals surface area contributed by atoms with Crippen molar-refractivity contribution >= 4 is 28.9 Å². The van der Waals surface area contributed by atoms with Crippen molar-refractivity contribution in [3.05, 3.63) is 114 Å². The molecule has 1 saturated heterocycles. The van der Waals surface area contributed by atoms with E-state index in [2.05, 4.69) is 62.3 Å². The zero-order valence-electron chi connectivity index (χ0n) is 19.8. The molecule has 2 aromatic heterocycles. The summed E-state index contributed by atoms with van der Waals surface area (Å²) >= 11 is 5.75. The number of aromatic nitrogens is 2. The van der Waals surface area contributed by atoms with Crippen LogP contribution in [0.15, 0.2) is 91.3 Å². The predicted octanol–water partition coefficient (Wildman–Crippen LogP) is 5.32. The molecule has 182 valence electrons. The molecule has 1 aliphatic rings. The average Bonchev–Trinajstić information content (AvgIpc) is 3.49. The van der Waals surface area contributed by atoms with Gasteiger partial charge in [-0.05, 0) is 79.8 Å². The molecule has 0 radical (unpaired) electrons.